The fourth-order valence-corrected chi connectivity index (χ4v) is 3.86. The molecule has 0 aliphatic carbocycles. The molecular formula is C20H26BrClN2O. The van der Waals surface area contributed by atoms with Gasteiger partial charge in [0.2, 0.25) is 0 Å². The first-order valence-electron chi connectivity index (χ1n) is 8.60. The summed E-state index contributed by atoms with van der Waals surface area (Å²) in [6, 6.07) is 17.2. The van der Waals surface area contributed by atoms with Crippen LogP contribution in [-0.2, 0) is 0 Å². The van der Waals surface area contributed by atoms with Gasteiger partial charge in [-0.05, 0) is 77.6 Å². The first-order chi connectivity index (χ1) is 11.8. The van der Waals surface area contributed by atoms with Gasteiger partial charge >= 0.3 is 0 Å². The number of rotatable bonds is 6. The smallest absolute Gasteiger partial charge is 0.133 e. The van der Waals surface area contributed by atoms with Crippen LogP contribution in [0.2, 0.25) is 0 Å². The first kappa shape index (κ1) is 20.2. The molecule has 0 bridgehead atoms. The summed E-state index contributed by atoms with van der Waals surface area (Å²) >= 11 is 3.61. The summed E-state index contributed by atoms with van der Waals surface area (Å²) in [6.07, 6.45) is 2.50. The third-order valence-electron chi connectivity index (χ3n) is 4.71. The molecule has 25 heavy (non-hydrogen) atoms. The van der Waals surface area contributed by atoms with E-state index < -0.39 is 0 Å². The van der Waals surface area contributed by atoms with Crippen molar-refractivity contribution in [1.29, 1.82) is 0 Å². The van der Waals surface area contributed by atoms with Crippen LogP contribution in [0.25, 0.3) is 0 Å². The van der Waals surface area contributed by atoms with Gasteiger partial charge < -0.3 is 15.4 Å². The normalized spacial score (nSPS) is 16.1. The second kappa shape index (κ2) is 10.2. The third kappa shape index (κ3) is 5.45. The Labute approximate surface area is 165 Å². The van der Waals surface area contributed by atoms with Crippen molar-refractivity contribution in [1.82, 2.24) is 10.6 Å². The van der Waals surface area contributed by atoms with E-state index in [4.69, 9.17) is 4.74 Å². The summed E-state index contributed by atoms with van der Waals surface area (Å²) in [4.78, 5) is 0. The second-order valence-corrected chi connectivity index (χ2v) is 7.19. The zero-order valence-electron chi connectivity index (χ0n) is 14.5. The van der Waals surface area contributed by atoms with E-state index >= 15 is 0 Å². The van der Waals surface area contributed by atoms with E-state index in [1.807, 2.05) is 6.07 Å². The topological polar surface area (TPSA) is 33.3 Å². The van der Waals surface area contributed by atoms with Gasteiger partial charge in [0.1, 0.15) is 5.75 Å². The van der Waals surface area contributed by atoms with Crippen LogP contribution in [0.4, 0.5) is 0 Å². The number of hydrogen-bond donors (Lipinski definition) is 2. The zero-order valence-corrected chi connectivity index (χ0v) is 16.9. The van der Waals surface area contributed by atoms with Gasteiger partial charge in [-0.3, -0.25) is 0 Å². The Morgan fingerprint density at radius 3 is 2.48 bits per heavy atom. The minimum atomic E-state index is 0. The van der Waals surface area contributed by atoms with Crippen LogP contribution in [0.15, 0.2) is 53.0 Å². The van der Waals surface area contributed by atoms with Crippen molar-refractivity contribution < 1.29 is 4.74 Å². The van der Waals surface area contributed by atoms with Crippen molar-refractivity contribution in [2.75, 3.05) is 26.7 Å². The van der Waals surface area contributed by atoms with Gasteiger partial charge in [-0.15, -0.1) is 12.4 Å². The third-order valence-corrected chi connectivity index (χ3v) is 5.33. The Balaban J connectivity index is 0.00000225. The highest BCUT2D eigenvalue weighted by molar-refractivity contribution is 9.10. The summed E-state index contributed by atoms with van der Waals surface area (Å²) in [5.74, 6) is 1.61. The molecule has 1 fully saturated rings. The minimum absolute atomic E-state index is 0. The van der Waals surface area contributed by atoms with Gasteiger partial charge in [0.15, 0.2) is 0 Å². The summed E-state index contributed by atoms with van der Waals surface area (Å²) < 4.78 is 6.36. The molecule has 3 nitrogen and oxygen atoms in total. The summed E-state index contributed by atoms with van der Waals surface area (Å²) in [5, 5.41) is 7.24. The summed E-state index contributed by atoms with van der Waals surface area (Å²) in [7, 11) is 1.70. The Morgan fingerprint density at radius 2 is 1.84 bits per heavy atom. The molecule has 136 valence electrons. The molecular weight excluding hydrogens is 400 g/mol. The number of methoxy groups -OCH3 is 1. The number of halogens is 2. The quantitative estimate of drug-likeness (QED) is 0.712. The van der Waals surface area contributed by atoms with E-state index in [1.54, 1.807) is 7.11 Å². The lowest BCUT2D eigenvalue weighted by molar-refractivity contribution is 0.348. The molecule has 0 spiro atoms. The van der Waals surface area contributed by atoms with Crippen molar-refractivity contribution >= 4 is 28.3 Å². The molecule has 2 aromatic carbocycles. The van der Waals surface area contributed by atoms with Gasteiger partial charge in [-0.25, -0.2) is 0 Å². The summed E-state index contributed by atoms with van der Waals surface area (Å²) in [6.45, 7) is 3.32. The van der Waals surface area contributed by atoms with Gasteiger partial charge in [0.05, 0.1) is 17.6 Å². The Hall–Kier alpha value is -1.07. The van der Waals surface area contributed by atoms with Crippen LogP contribution in [0.5, 0.6) is 5.75 Å². The van der Waals surface area contributed by atoms with E-state index in [0.717, 1.165) is 35.8 Å². The molecule has 2 N–H and O–H groups in total. The number of nitrogens with one attached hydrogen (secondary N) is 2. The highest BCUT2D eigenvalue weighted by atomic mass is 79.9. The maximum absolute atomic E-state index is 5.37. The van der Waals surface area contributed by atoms with Crippen molar-refractivity contribution in [3.05, 3.63) is 64.1 Å². The van der Waals surface area contributed by atoms with E-state index in [9.17, 15) is 0 Å². The first-order valence-corrected chi connectivity index (χ1v) is 9.39. The average molecular weight is 426 g/mol. The molecule has 1 aliphatic rings. The van der Waals surface area contributed by atoms with Crippen LogP contribution < -0.4 is 15.4 Å². The fourth-order valence-electron chi connectivity index (χ4n) is 3.31. The molecule has 1 heterocycles. The highest BCUT2D eigenvalue weighted by Gasteiger charge is 2.18. The molecule has 2 aromatic rings. The van der Waals surface area contributed by atoms with Crippen molar-refractivity contribution in [2.45, 2.75) is 18.9 Å². The van der Waals surface area contributed by atoms with E-state index in [-0.39, 0.29) is 18.4 Å². The van der Waals surface area contributed by atoms with E-state index in [0.29, 0.717) is 0 Å². The predicted octanol–water partition coefficient (Wildman–Crippen LogP) is 4.56. The lowest BCUT2D eigenvalue weighted by atomic mass is 9.95. The van der Waals surface area contributed by atoms with Crippen molar-refractivity contribution in [3.8, 4) is 5.75 Å². The van der Waals surface area contributed by atoms with Crippen LogP contribution in [0.3, 0.4) is 0 Å². The zero-order chi connectivity index (χ0) is 16.8. The molecule has 0 radical (unpaired) electrons. The van der Waals surface area contributed by atoms with Crippen LogP contribution in [0.1, 0.15) is 30.0 Å². The predicted molar refractivity (Wildman–Crippen MR) is 110 cm³/mol. The summed E-state index contributed by atoms with van der Waals surface area (Å²) in [5.41, 5.74) is 2.55. The monoisotopic (exact) mass is 424 g/mol. The molecule has 0 saturated carbocycles. The maximum atomic E-state index is 5.37. The van der Waals surface area contributed by atoms with E-state index in [2.05, 4.69) is 69.0 Å². The molecule has 0 aromatic heterocycles. The lowest BCUT2D eigenvalue weighted by Crippen LogP contribution is -2.35. The van der Waals surface area contributed by atoms with Crippen LogP contribution in [0, 0.1) is 5.92 Å². The molecule has 3 rings (SSSR count). The lowest BCUT2D eigenvalue weighted by Gasteiger charge is -2.27. The second-order valence-electron chi connectivity index (χ2n) is 6.34. The number of ether oxygens (including phenoxy) is 1. The largest absolute Gasteiger partial charge is 0.496 e. The minimum Gasteiger partial charge on any atom is -0.496 e. The van der Waals surface area contributed by atoms with Crippen molar-refractivity contribution in [2.24, 2.45) is 5.92 Å². The van der Waals surface area contributed by atoms with Crippen LogP contribution >= 0.6 is 28.3 Å². The molecule has 5 heteroatoms. The average Bonchev–Trinajstić information content (AvgIpc) is 2.64. The van der Waals surface area contributed by atoms with Gasteiger partial charge in [-0.1, -0.05) is 36.4 Å². The molecule has 1 atom stereocenters. The molecule has 1 saturated heterocycles. The fraction of sp³-hybridized carbons (Fsp3) is 0.400. The van der Waals surface area contributed by atoms with E-state index in [1.165, 1.54) is 24.0 Å². The Kier molecular flexibility index (Phi) is 8.24. The van der Waals surface area contributed by atoms with Gasteiger partial charge in [0.25, 0.3) is 0 Å². The molecule has 1 aliphatic heterocycles. The molecule has 0 amide bonds. The number of hydrogen-bond acceptors (Lipinski definition) is 3. The molecule has 1 unspecified atom stereocenters. The standard InChI is InChI=1S/C20H25BrN2O.ClH/c1-24-19-8-7-17(13-18(19)21)20(16-5-3-2-4-6-16)23-14-15-9-11-22-12-10-15;/h2-8,13,15,20,22-23H,9-12,14H2,1H3;1H. The SMILES string of the molecule is COc1ccc(C(NCC2CCNCC2)c2ccccc2)cc1Br.Cl. The number of piperidine rings is 1. The Morgan fingerprint density at radius 1 is 1.12 bits per heavy atom. The van der Waals surface area contributed by atoms with Crippen LogP contribution in [-0.4, -0.2) is 26.7 Å². The highest BCUT2D eigenvalue weighted by Crippen LogP contribution is 2.31. The van der Waals surface area contributed by atoms with Gasteiger partial charge in [-0.2, -0.15) is 0 Å². The number of benzene rings is 2. The maximum Gasteiger partial charge on any atom is 0.133 e. The van der Waals surface area contributed by atoms with Gasteiger partial charge in [0, 0.05) is 0 Å². The van der Waals surface area contributed by atoms with Crippen molar-refractivity contribution in [3.63, 3.8) is 0 Å². The Bertz CT molecular complexity index is 647.